The van der Waals surface area contributed by atoms with Crippen LogP contribution in [0.15, 0.2) is 73.1 Å². The Morgan fingerprint density at radius 1 is 0.833 bits per heavy atom. The molecule has 1 aliphatic carbocycles. The lowest BCUT2D eigenvalue weighted by Gasteiger charge is -2.35. The molecule has 0 atom stereocenters. The van der Waals surface area contributed by atoms with E-state index < -0.39 is 5.60 Å². The van der Waals surface area contributed by atoms with E-state index in [1.807, 2.05) is 50.2 Å². The summed E-state index contributed by atoms with van der Waals surface area (Å²) in [5.74, 6) is 0. The van der Waals surface area contributed by atoms with E-state index in [9.17, 15) is 4.79 Å². The topological polar surface area (TPSA) is 54.5 Å². The molecule has 0 bridgehead atoms. The number of hydrogen-bond acceptors (Lipinski definition) is 4. The van der Waals surface area contributed by atoms with Gasteiger partial charge in [-0.25, -0.2) is 4.79 Å². The third kappa shape index (κ3) is 7.66. The zero-order valence-electron chi connectivity index (χ0n) is 21.9. The van der Waals surface area contributed by atoms with Crippen molar-refractivity contribution >= 4 is 6.09 Å². The summed E-state index contributed by atoms with van der Waals surface area (Å²) in [6.45, 7) is 8.03. The van der Waals surface area contributed by atoms with Crippen LogP contribution in [0.4, 0.5) is 4.79 Å². The SMILES string of the molecule is CC(C)(C)OC(=O)N(Cc1ccc(-c2ccc(CNCc3ccncc3)cc2)cc1)C1CCCCC1. The molecule has 1 N–H and O–H groups in total. The third-order valence-corrected chi connectivity index (χ3v) is 6.65. The molecule has 3 aromatic rings. The Morgan fingerprint density at radius 2 is 1.36 bits per heavy atom. The largest absolute Gasteiger partial charge is 0.444 e. The Kier molecular flexibility index (Phi) is 8.76. The highest BCUT2D eigenvalue weighted by atomic mass is 16.6. The minimum absolute atomic E-state index is 0.202. The van der Waals surface area contributed by atoms with Crippen LogP contribution in [0.3, 0.4) is 0 Å². The van der Waals surface area contributed by atoms with Gasteiger partial charge in [0.05, 0.1) is 0 Å². The molecule has 1 amide bonds. The van der Waals surface area contributed by atoms with Crippen molar-refractivity contribution in [3.05, 3.63) is 89.7 Å². The number of hydrogen-bond donors (Lipinski definition) is 1. The monoisotopic (exact) mass is 485 g/mol. The molecule has 4 rings (SSSR count). The van der Waals surface area contributed by atoms with Crippen LogP contribution in [0.2, 0.25) is 0 Å². The normalized spacial score (nSPS) is 14.4. The first-order valence-corrected chi connectivity index (χ1v) is 13.1. The fourth-order valence-corrected chi connectivity index (χ4v) is 4.72. The van der Waals surface area contributed by atoms with E-state index in [-0.39, 0.29) is 12.1 Å². The van der Waals surface area contributed by atoms with Gasteiger partial charge >= 0.3 is 6.09 Å². The maximum absolute atomic E-state index is 13.0. The van der Waals surface area contributed by atoms with Crippen LogP contribution in [0.5, 0.6) is 0 Å². The van der Waals surface area contributed by atoms with Crippen molar-refractivity contribution in [2.24, 2.45) is 0 Å². The molecule has 0 aliphatic heterocycles. The van der Waals surface area contributed by atoms with Gasteiger partial charge < -0.3 is 15.0 Å². The van der Waals surface area contributed by atoms with E-state index in [1.54, 1.807) is 0 Å². The van der Waals surface area contributed by atoms with E-state index in [2.05, 4.69) is 58.8 Å². The molecule has 36 heavy (non-hydrogen) atoms. The van der Waals surface area contributed by atoms with E-state index in [1.165, 1.54) is 41.5 Å². The van der Waals surface area contributed by atoms with Crippen LogP contribution in [-0.4, -0.2) is 27.6 Å². The average molecular weight is 486 g/mol. The quantitative estimate of drug-likeness (QED) is 0.369. The number of carbonyl (C=O) groups is 1. The summed E-state index contributed by atoms with van der Waals surface area (Å²) >= 11 is 0. The van der Waals surface area contributed by atoms with Gasteiger partial charge in [-0.15, -0.1) is 0 Å². The molecule has 2 aromatic carbocycles. The van der Waals surface area contributed by atoms with Crippen LogP contribution in [0, 0.1) is 0 Å². The smallest absolute Gasteiger partial charge is 0.410 e. The molecule has 0 saturated heterocycles. The first-order chi connectivity index (χ1) is 17.4. The fourth-order valence-electron chi connectivity index (χ4n) is 4.72. The molecule has 1 aromatic heterocycles. The maximum Gasteiger partial charge on any atom is 0.410 e. The minimum Gasteiger partial charge on any atom is -0.444 e. The zero-order chi connectivity index (χ0) is 25.4. The summed E-state index contributed by atoms with van der Waals surface area (Å²) in [6.07, 6.45) is 9.17. The number of ether oxygens (including phenoxy) is 1. The first kappa shape index (κ1) is 25.9. The van der Waals surface area contributed by atoms with Crippen molar-refractivity contribution in [3.8, 4) is 11.1 Å². The van der Waals surface area contributed by atoms with Gasteiger partial charge in [0.2, 0.25) is 0 Å². The number of rotatable bonds is 8. The lowest BCUT2D eigenvalue weighted by molar-refractivity contribution is 0.00988. The third-order valence-electron chi connectivity index (χ3n) is 6.65. The fraction of sp³-hybridized carbons (Fsp3) is 0.419. The number of benzene rings is 2. The van der Waals surface area contributed by atoms with Crippen LogP contribution >= 0.6 is 0 Å². The molecule has 0 radical (unpaired) electrons. The van der Waals surface area contributed by atoms with E-state index in [0.29, 0.717) is 6.54 Å². The van der Waals surface area contributed by atoms with Gasteiger partial charge in [0.25, 0.3) is 0 Å². The predicted molar refractivity (Wildman–Crippen MR) is 145 cm³/mol. The Morgan fingerprint density at radius 3 is 1.92 bits per heavy atom. The molecule has 0 unspecified atom stereocenters. The summed E-state index contributed by atoms with van der Waals surface area (Å²) in [5, 5.41) is 3.48. The number of nitrogens with one attached hydrogen (secondary N) is 1. The molecule has 5 heteroatoms. The number of amides is 1. The number of carbonyl (C=O) groups excluding carboxylic acids is 1. The maximum atomic E-state index is 13.0. The van der Waals surface area contributed by atoms with E-state index in [4.69, 9.17) is 4.74 Å². The highest BCUT2D eigenvalue weighted by molar-refractivity contribution is 5.69. The van der Waals surface area contributed by atoms with Crippen molar-refractivity contribution in [1.29, 1.82) is 0 Å². The molecule has 1 heterocycles. The zero-order valence-corrected chi connectivity index (χ0v) is 21.9. The van der Waals surface area contributed by atoms with Gasteiger partial charge in [0, 0.05) is 38.1 Å². The van der Waals surface area contributed by atoms with Crippen LogP contribution in [0.25, 0.3) is 11.1 Å². The van der Waals surface area contributed by atoms with E-state index in [0.717, 1.165) is 31.5 Å². The highest BCUT2D eigenvalue weighted by Gasteiger charge is 2.29. The summed E-state index contributed by atoms with van der Waals surface area (Å²) < 4.78 is 5.76. The Balaban J connectivity index is 1.37. The summed E-state index contributed by atoms with van der Waals surface area (Å²) in [7, 11) is 0. The lowest BCUT2D eigenvalue weighted by Crippen LogP contribution is -2.43. The van der Waals surface area contributed by atoms with Crippen molar-refractivity contribution in [1.82, 2.24) is 15.2 Å². The van der Waals surface area contributed by atoms with E-state index >= 15 is 0 Å². The standard InChI is InChI=1S/C31H39N3O2/c1-31(2,3)36-30(35)34(29-7-5-4-6-8-29)23-26-11-15-28(16-12-26)27-13-9-24(10-14-27)21-33-22-25-17-19-32-20-18-25/h9-20,29,33H,4-8,21-23H2,1-3H3. The van der Waals surface area contributed by atoms with Crippen LogP contribution in [0.1, 0.15) is 69.6 Å². The second-order valence-corrected chi connectivity index (χ2v) is 10.8. The second kappa shape index (κ2) is 12.2. The molecule has 0 spiro atoms. The lowest BCUT2D eigenvalue weighted by atomic mass is 9.94. The Labute approximate surface area is 215 Å². The van der Waals surface area contributed by atoms with Gasteiger partial charge in [0.15, 0.2) is 0 Å². The van der Waals surface area contributed by atoms with Gasteiger partial charge in [-0.3, -0.25) is 4.98 Å². The molecular formula is C31H39N3O2. The second-order valence-electron chi connectivity index (χ2n) is 10.8. The molecular weight excluding hydrogens is 446 g/mol. The highest BCUT2D eigenvalue weighted by Crippen LogP contribution is 2.27. The number of aromatic nitrogens is 1. The van der Waals surface area contributed by atoms with Gasteiger partial charge in [-0.05, 0) is 73.6 Å². The molecule has 1 fully saturated rings. The first-order valence-electron chi connectivity index (χ1n) is 13.1. The van der Waals surface area contributed by atoms with Gasteiger partial charge in [-0.2, -0.15) is 0 Å². The van der Waals surface area contributed by atoms with Crippen molar-refractivity contribution in [2.75, 3.05) is 0 Å². The predicted octanol–water partition coefficient (Wildman–Crippen LogP) is 7.11. The van der Waals surface area contributed by atoms with Crippen molar-refractivity contribution in [3.63, 3.8) is 0 Å². The molecule has 190 valence electrons. The van der Waals surface area contributed by atoms with Crippen molar-refractivity contribution in [2.45, 2.75) is 84.2 Å². The summed E-state index contributed by atoms with van der Waals surface area (Å²) in [4.78, 5) is 19.0. The summed E-state index contributed by atoms with van der Waals surface area (Å²) in [5.41, 5.74) is 5.49. The Bertz CT molecular complexity index is 1080. The minimum atomic E-state index is -0.492. The average Bonchev–Trinajstić information content (AvgIpc) is 2.88. The Hall–Kier alpha value is -3.18. The number of pyridine rings is 1. The van der Waals surface area contributed by atoms with Crippen molar-refractivity contribution < 1.29 is 9.53 Å². The molecule has 1 aliphatic rings. The van der Waals surface area contributed by atoms with Crippen LogP contribution in [-0.2, 0) is 24.4 Å². The molecule has 5 nitrogen and oxygen atoms in total. The summed E-state index contributed by atoms with van der Waals surface area (Å²) in [6, 6.07) is 21.6. The van der Waals surface area contributed by atoms with Crippen LogP contribution < -0.4 is 5.32 Å². The van der Waals surface area contributed by atoms with Gasteiger partial charge in [0.1, 0.15) is 5.60 Å². The van der Waals surface area contributed by atoms with Gasteiger partial charge in [-0.1, -0.05) is 67.8 Å². The number of nitrogens with zero attached hydrogens (tertiary/aromatic N) is 2. The molecule has 1 saturated carbocycles.